The van der Waals surface area contributed by atoms with E-state index >= 15 is 0 Å². The van der Waals surface area contributed by atoms with E-state index in [1.54, 1.807) is 0 Å². The molecule has 1 saturated carbocycles. The Labute approximate surface area is 82.8 Å². The number of nitrogens with one attached hydrogen (secondary N) is 1. The van der Waals surface area contributed by atoms with Gasteiger partial charge in [0.05, 0.1) is 5.88 Å². The summed E-state index contributed by atoms with van der Waals surface area (Å²) in [4.78, 5) is 0. The first-order chi connectivity index (χ1) is 5.83. The van der Waals surface area contributed by atoms with E-state index in [-0.39, 0.29) is 0 Å². The Balaban J connectivity index is 2.01. The van der Waals surface area contributed by atoms with E-state index < -0.39 is 0 Å². The molecule has 0 spiro atoms. The molecule has 0 radical (unpaired) electrons. The molecule has 0 atom stereocenters. The second-order valence-electron chi connectivity index (χ2n) is 3.24. The van der Waals surface area contributed by atoms with Crippen molar-refractivity contribution in [3.05, 3.63) is 0 Å². The van der Waals surface area contributed by atoms with Crippen molar-refractivity contribution in [2.75, 3.05) is 12.1 Å². The monoisotopic (exact) mass is 206 g/mol. The van der Waals surface area contributed by atoms with Crippen LogP contribution in [0.15, 0.2) is 0 Å². The molecule has 3 N–H and O–H groups in total. The van der Waals surface area contributed by atoms with E-state index in [4.69, 9.17) is 5.73 Å². The summed E-state index contributed by atoms with van der Waals surface area (Å²) in [7, 11) is 3.70. The lowest BCUT2D eigenvalue weighted by molar-refractivity contribution is 0.356. The number of hydrogen-bond acceptors (Lipinski definition) is 4. The quantitative estimate of drug-likeness (QED) is 0.418. The van der Waals surface area contributed by atoms with Crippen LogP contribution in [-0.4, -0.2) is 24.2 Å². The van der Waals surface area contributed by atoms with E-state index in [1.165, 1.54) is 25.7 Å². The highest BCUT2D eigenvalue weighted by Crippen LogP contribution is 2.19. The molecule has 1 rings (SSSR count). The van der Waals surface area contributed by atoms with Crippen molar-refractivity contribution in [3.8, 4) is 0 Å². The van der Waals surface area contributed by atoms with Crippen molar-refractivity contribution >= 4 is 21.6 Å². The minimum Gasteiger partial charge on any atom is -0.328 e. The van der Waals surface area contributed by atoms with Gasteiger partial charge in [0, 0.05) is 12.1 Å². The van der Waals surface area contributed by atoms with Gasteiger partial charge in [0.1, 0.15) is 0 Å². The van der Waals surface area contributed by atoms with Gasteiger partial charge in [-0.1, -0.05) is 21.6 Å². The van der Waals surface area contributed by atoms with Gasteiger partial charge in [-0.05, 0) is 31.9 Å². The predicted molar refractivity (Wildman–Crippen MR) is 59.3 cm³/mol. The highest BCUT2D eigenvalue weighted by molar-refractivity contribution is 8.76. The van der Waals surface area contributed by atoms with Gasteiger partial charge in [-0.15, -0.1) is 0 Å². The summed E-state index contributed by atoms with van der Waals surface area (Å²) in [5.41, 5.74) is 5.81. The maximum atomic E-state index is 5.81. The predicted octanol–water partition coefficient (Wildman–Crippen LogP) is 1.81. The first kappa shape index (κ1) is 10.7. The molecular weight excluding hydrogens is 188 g/mol. The van der Waals surface area contributed by atoms with Crippen LogP contribution in [-0.2, 0) is 0 Å². The Hall–Kier alpha value is 0.620. The highest BCUT2D eigenvalue weighted by Gasteiger charge is 2.17. The molecule has 12 heavy (non-hydrogen) atoms. The van der Waals surface area contributed by atoms with Crippen molar-refractivity contribution in [1.29, 1.82) is 0 Å². The van der Waals surface area contributed by atoms with E-state index in [0.717, 1.165) is 11.9 Å². The first-order valence-corrected chi connectivity index (χ1v) is 7.20. The molecule has 72 valence electrons. The van der Waals surface area contributed by atoms with Gasteiger partial charge in [-0.2, -0.15) is 0 Å². The maximum Gasteiger partial charge on any atom is 0.0525 e. The largest absolute Gasteiger partial charge is 0.328 e. The Morgan fingerprint density at radius 1 is 1.33 bits per heavy atom. The molecule has 1 aliphatic rings. The summed E-state index contributed by atoms with van der Waals surface area (Å²) < 4.78 is 0. The van der Waals surface area contributed by atoms with Gasteiger partial charge in [0.2, 0.25) is 0 Å². The fourth-order valence-corrected chi connectivity index (χ4v) is 2.51. The number of hydrogen-bond donors (Lipinski definition) is 2. The lowest BCUT2D eigenvalue weighted by atomic mass is 9.92. The molecule has 4 heteroatoms. The van der Waals surface area contributed by atoms with Crippen LogP contribution in [0.3, 0.4) is 0 Å². The zero-order chi connectivity index (χ0) is 8.81. The van der Waals surface area contributed by atoms with Gasteiger partial charge < -0.3 is 11.1 Å². The van der Waals surface area contributed by atoms with E-state index in [2.05, 4.69) is 11.6 Å². The summed E-state index contributed by atoms with van der Waals surface area (Å²) in [5, 5.41) is 3.53. The zero-order valence-electron chi connectivity index (χ0n) is 7.58. The van der Waals surface area contributed by atoms with Crippen molar-refractivity contribution in [3.63, 3.8) is 0 Å². The van der Waals surface area contributed by atoms with E-state index in [0.29, 0.717) is 6.04 Å². The molecule has 0 aromatic carbocycles. The molecule has 0 heterocycles. The zero-order valence-corrected chi connectivity index (χ0v) is 9.22. The van der Waals surface area contributed by atoms with Crippen molar-refractivity contribution in [2.24, 2.45) is 5.73 Å². The Morgan fingerprint density at radius 3 is 2.58 bits per heavy atom. The van der Waals surface area contributed by atoms with Crippen LogP contribution >= 0.6 is 21.6 Å². The summed E-state index contributed by atoms with van der Waals surface area (Å²) in [6, 6.07) is 1.20. The fourth-order valence-electron chi connectivity index (χ4n) is 1.53. The third kappa shape index (κ3) is 4.03. The Bertz CT molecular complexity index is 114. The van der Waals surface area contributed by atoms with Crippen LogP contribution < -0.4 is 11.1 Å². The van der Waals surface area contributed by atoms with Crippen molar-refractivity contribution < 1.29 is 0 Å². The van der Waals surface area contributed by atoms with Crippen molar-refractivity contribution in [2.45, 2.75) is 37.8 Å². The normalized spacial score (nSPS) is 30.5. The Kier molecular flexibility index (Phi) is 5.47. The summed E-state index contributed by atoms with van der Waals surface area (Å²) in [5.74, 6) is 1.07. The SMILES string of the molecule is CSSCNC1CCC(N)CC1. The molecule has 1 fully saturated rings. The molecule has 2 nitrogen and oxygen atoms in total. The van der Waals surface area contributed by atoms with Gasteiger partial charge in [-0.25, -0.2) is 0 Å². The molecule has 0 aliphatic heterocycles. The second-order valence-corrected chi connectivity index (χ2v) is 5.81. The summed E-state index contributed by atoms with van der Waals surface area (Å²) in [6.45, 7) is 0. The van der Waals surface area contributed by atoms with Crippen LogP contribution in [0.5, 0.6) is 0 Å². The topological polar surface area (TPSA) is 38.0 Å². The van der Waals surface area contributed by atoms with E-state index in [1.807, 2.05) is 21.6 Å². The maximum absolute atomic E-state index is 5.81. The third-order valence-electron chi connectivity index (χ3n) is 2.32. The lowest BCUT2D eigenvalue weighted by Gasteiger charge is -2.26. The fraction of sp³-hybridized carbons (Fsp3) is 1.00. The van der Waals surface area contributed by atoms with Crippen LogP contribution in [0.4, 0.5) is 0 Å². The van der Waals surface area contributed by atoms with Gasteiger partial charge in [0.15, 0.2) is 0 Å². The van der Waals surface area contributed by atoms with Gasteiger partial charge in [0.25, 0.3) is 0 Å². The molecular formula is C8H18N2S2. The molecule has 0 aromatic heterocycles. The van der Waals surface area contributed by atoms with Crippen LogP contribution in [0, 0.1) is 0 Å². The summed E-state index contributed by atoms with van der Waals surface area (Å²) in [6.07, 6.45) is 7.03. The lowest BCUT2D eigenvalue weighted by Crippen LogP contribution is -2.37. The third-order valence-corrected chi connectivity index (χ3v) is 3.90. The minimum absolute atomic E-state index is 0.469. The average molecular weight is 206 g/mol. The highest BCUT2D eigenvalue weighted by atomic mass is 33.1. The molecule has 1 aliphatic carbocycles. The van der Waals surface area contributed by atoms with Crippen molar-refractivity contribution in [1.82, 2.24) is 5.32 Å². The van der Waals surface area contributed by atoms with Crippen LogP contribution in [0.25, 0.3) is 0 Å². The van der Waals surface area contributed by atoms with E-state index in [9.17, 15) is 0 Å². The van der Waals surface area contributed by atoms with Gasteiger partial charge >= 0.3 is 0 Å². The second kappa shape index (κ2) is 6.13. The molecule has 0 saturated heterocycles. The smallest absolute Gasteiger partial charge is 0.0525 e. The molecule has 0 aromatic rings. The first-order valence-electron chi connectivity index (χ1n) is 4.47. The Morgan fingerprint density at radius 2 is 2.00 bits per heavy atom. The number of rotatable bonds is 4. The van der Waals surface area contributed by atoms with Crippen LogP contribution in [0.1, 0.15) is 25.7 Å². The molecule has 0 amide bonds. The van der Waals surface area contributed by atoms with Gasteiger partial charge in [-0.3, -0.25) is 0 Å². The molecule has 0 bridgehead atoms. The van der Waals surface area contributed by atoms with Crippen LogP contribution in [0.2, 0.25) is 0 Å². The summed E-state index contributed by atoms with van der Waals surface area (Å²) >= 11 is 0. The standard InChI is InChI=1S/C8H18N2S2/c1-11-12-6-10-8-4-2-7(9)3-5-8/h7-8,10H,2-6,9H2,1H3. The number of nitrogens with two attached hydrogens (primary N) is 1. The average Bonchev–Trinajstić information content (AvgIpc) is 2.09. The minimum atomic E-state index is 0.469. The molecule has 0 unspecified atom stereocenters.